The Morgan fingerprint density at radius 2 is 2.00 bits per heavy atom. The first kappa shape index (κ1) is 17.9. The molecule has 2 aromatic heterocycles. The van der Waals surface area contributed by atoms with Gasteiger partial charge in [-0.15, -0.1) is 0 Å². The van der Waals surface area contributed by atoms with Crippen molar-refractivity contribution in [2.24, 2.45) is 0 Å². The summed E-state index contributed by atoms with van der Waals surface area (Å²) in [6.45, 7) is 4.36. The number of aromatic nitrogens is 5. The van der Waals surface area contributed by atoms with E-state index in [2.05, 4.69) is 35.8 Å². The Morgan fingerprint density at radius 3 is 2.73 bits per heavy atom. The van der Waals surface area contributed by atoms with E-state index in [1.807, 2.05) is 32.0 Å². The van der Waals surface area contributed by atoms with Crippen molar-refractivity contribution in [1.82, 2.24) is 30.5 Å². The normalized spacial score (nSPS) is 10.5. The lowest BCUT2D eigenvalue weighted by Gasteiger charge is -2.09. The minimum absolute atomic E-state index is 0.131. The molecule has 0 unspecified atom stereocenters. The smallest absolute Gasteiger partial charge is 0.251 e. The fraction of sp³-hybridized carbons (Fsp3) is 0.235. The summed E-state index contributed by atoms with van der Waals surface area (Å²) in [5.74, 6) is 1.09. The number of hydrogen-bond acceptors (Lipinski definition) is 7. The van der Waals surface area contributed by atoms with Gasteiger partial charge in [0.15, 0.2) is 5.16 Å². The second-order valence-corrected chi connectivity index (χ2v) is 6.66. The topological polar surface area (TPSA) is 108 Å². The van der Waals surface area contributed by atoms with Crippen LogP contribution < -0.4 is 10.6 Å². The van der Waals surface area contributed by atoms with Crippen LogP contribution in [-0.4, -0.2) is 43.4 Å². The van der Waals surface area contributed by atoms with Crippen LogP contribution in [0.1, 0.15) is 21.7 Å². The first-order valence-electron chi connectivity index (χ1n) is 8.06. The number of anilines is 2. The molecule has 26 heavy (non-hydrogen) atoms. The molecule has 0 aliphatic carbocycles. The number of aryl methyl sites for hydroxylation is 2. The van der Waals surface area contributed by atoms with Crippen molar-refractivity contribution in [3.8, 4) is 0 Å². The number of rotatable bonds is 7. The second-order valence-electron chi connectivity index (χ2n) is 5.58. The molecule has 9 heteroatoms. The van der Waals surface area contributed by atoms with Crippen LogP contribution in [0.5, 0.6) is 0 Å². The van der Waals surface area contributed by atoms with Gasteiger partial charge in [-0.1, -0.05) is 17.8 Å². The molecule has 1 aromatic carbocycles. The molecule has 0 radical (unpaired) electrons. The highest BCUT2D eigenvalue weighted by molar-refractivity contribution is 7.99. The first-order valence-corrected chi connectivity index (χ1v) is 9.04. The van der Waals surface area contributed by atoms with Gasteiger partial charge in [-0.25, -0.2) is 15.0 Å². The molecule has 0 aliphatic rings. The summed E-state index contributed by atoms with van der Waals surface area (Å²) < 4.78 is 0. The number of amides is 1. The Morgan fingerprint density at radius 1 is 1.19 bits per heavy atom. The Labute approximate surface area is 155 Å². The number of hydrogen-bond donors (Lipinski definition) is 3. The van der Waals surface area contributed by atoms with Crippen LogP contribution in [0.4, 0.5) is 11.6 Å². The van der Waals surface area contributed by atoms with Gasteiger partial charge in [-0.05, 0) is 38.1 Å². The largest absolute Gasteiger partial charge is 0.351 e. The van der Waals surface area contributed by atoms with Crippen LogP contribution in [0.15, 0.2) is 41.8 Å². The first-order chi connectivity index (χ1) is 12.6. The molecule has 2 heterocycles. The number of carbonyl (C=O) groups excluding carboxylic acids is 1. The van der Waals surface area contributed by atoms with Crippen LogP contribution in [0.2, 0.25) is 0 Å². The Balaban J connectivity index is 1.56. The van der Waals surface area contributed by atoms with Gasteiger partial charge in [-0.3, -0.25) is 9.89 Å². The molecule has 3 aromatic rings. The number of benzene rings is 1. The molecule has 0 aliphatic heterocycles. The number of H-pyrrole nitrogens is 1. The van der Waals surface area contributed by atoms with Gasteiger partial charge >= 0.3 is 0 Å². The van der Waals surface area contributed by atoms with Gasteiger partial charge in [-0.2, -0.15) is 5.10 Å². The van der Waals surface area contributed by atoms with Crippen LogP contribution in [0.25, 0.3) is 0 Å². The van der Waals surface area contributed by atoms with E-state index >= 15 is 0 Å². The molecule has 0 atom stereocenters. The number of carbonyl (C=O) groups is 1. The summed E-state index contributed by atoms with van der Waals surface area (Å²) >= 11 is 1.50. The average Bonchev–Trinajstić information content (AvgIpc) is 3.11. The summed E-state index contributed by atoms with van der Waals surface area (Å²) in [5, 5.41) is 13.3. The molecule has 0 saturated heterocycles. The summed E-state index contributed by atoms with van der Waals surface area (Å²) in [7, 11) is 0. The third kappa shape index (κ3) is 5.03. The lowest BCUT2D eigenvalue weighted by Crippen LogP contribution is -2.25. The van der Waals surface area contributed by atoms with Crippen molar-refractivity contribution >= 4 is 29.3 Å². The average molecular weight is 369 g/mol. The number of nitrogens with one attached hydrogen (secondary N) is 3. The number of nitrogens with zero attached hydrogens (tertiary/aromatic N) is 4. The number of aromatic amines is 1. The van der Waals surface area contributed by atoms with Gasteiger partial charge in [0.05, 0.1) is 0 Å². The Kier molecular flexibility index (Phi) is 5.80. The fourth-order valence-corrected chi connectivity index (χ4v) is 2.96. The van der Waals surface area contributed by atoms with Gasteiger partial charge in [0.1, 0.15) is 6.33 Å². The van der Waals surface area contributed by atoms with Crippen LogP contribution >= 0.6 is 11.8 Å². The summed E-state index contributed by atoms with van der Waals surface area (Å²) in [6.07, 6.45) is 1.46. The minimum Gasteiger partial charge on any atom is -0.351 e. The fourth-order valence-electron chi connectivity index (χ4n) is 2.33. The highest BCUT2D eigenvalue weighted by Gasteiger charge is 2.07. The van der Waals surface area contributed by atoms with Crippen molar-refractivity contribution in [1.29, 1.82) is 0 Å². The van der Waals surface area contributed by atoms with E-state index in [0.29, 0.717) is 23.8 Å². The van der Waals surface area contributed by atoms with E-state index in [9.17, 15) is 4.79 Å². The van der Waals surface area contributed by atoms with E-state index in [1.54, 1.807) is 12.1 Å². The molecule has 0 saturated carbocycles. The maximum atomic E-state index is 12.3. The summed E-state index contributed by atoms with van der Waals surface area (Å²) in [4.78, 5) is 25.0. The lowest BCUT2D eigenvalue weighted by molar-refractivity contribution is 0.0956. The van der Waals surface area contributed by atoms with Gasteiger partial charge < -0.3 is 10.6 Å². The van der Waals surface area contributed by atoms with Gasteiger partial charge in [0.2, 0.25) is 5.95 Å². The predicted molar refractivity (Wildman–Crippen MR) is 101 cm³/mol. The highest BCUT2D eigenvalue weighted by atomic mass is 32.2. The molecule has 134 valence electrons. The minimum atomic E-state index is -0.131. The van der Waals surface area contributed by atoms with Crippen molar-refractivity contribution in [3.63, 3.8) is 0 Å². The molecule has 0 spiro atoms. The maximum absolute atomic E-state index is 12.3. The van der Waals surface area contributed by atoms with E-state index in [1.165, 1.54) is 18.1 Å². The number of thioether (sulfide) groups is 1. The molecule has 3 N–H and O–H groups in total. The molecular weight excluding hydrogens is 350 g/mol. The zero-order valence-electron chi connectivity index (χ0n) is 14.5. The van der Waals surface area contributed by atoms with Gasteiger partial charge in [0.25, 0.3) is 5.91 Å². The third-order valence-corrected chi connectivity index (χ3v) is 4.26. The van der Waals surface area contributed by atoms with Gasteiger partial charge in [0, 0.05) is 34.9 Å². The zero-order valence-corrected chi connectivity index (χ0v) is 15.3. The quantitative estimate of drug-likeness (QED) is 0.434. The maximum Gasteiger partial charge on any atom is 0.251 e. The SMILES string of the molecule is Cc1cc(C)nc(Nc2cccc(C(=O)NCCSc3ncn[nH]3)c2)n1. The molecule has 3 rings (SSSR count). The molecule has 8 nitrogen and oxygen atoms in total. The standard InChI is InChI=1S/C17H19N7OS/c1-11-8-12(2)22-16(21-11)23-14-5-3-4-13(9-14)15(25)18-6-7-26-17-19-10-20-24-17/h3-5,8-10H,6-7H2,1-2H3,(H,18,25)(H,19,20,24)(H,21,22,23). The van der Waals surface area contributed by atoms with E-state index < -0.39 is 0 Å². The third-order valence-electron chi connectivity index (χ3n) is 3.38. The van der Waals surface area contributed by atoms with Crippen LogP contribution in [0, 0.1) is 13.8 Å². The van der Waals surface area contributed by atoms with Crippen molar-refractivity contribution in [2.75, 3.05) is 17.6 Å². The Bertz CT molecular complexity index is 862. The Hall–Kier alpha value is -2.94. The highest BCUT2D eigenvalue weighted by Crippen LogP contribution is 2.16. The molecule has 1 amide bonds. The predicted octanol–water partition coefficient (Wildman–Crippen LogP) is 2.48. The van der Waals surface area contributed by atoms with E-state index in [0.717, 1.165) is 22.2 Å². The van der Waals surface area contributed by atoms with Crippen molar-refractivity contribution < 1.29 is 4.79 Å². The molecular formula is C17H19N7OS. The van der Waals surface area contributed by atoms with Crippen molar-refractivity contribution in [3.05, 3.63) is 53.6 Å². The summed E-state index contributed by atoms with van der Waals surface area (Å²) in [5.41, 5.74) is 3.11. The monoisotopic (exact) mass is 369 g/mol. The van der Waals surface area contributed by atoms with E-state index in [-0.39, 0.29) is 5.91 Å². The lowest BCUT2D eigenvalue weighted by atomic mass is 10.2. The van der Waals surface area contributed by atoms with Crippen LogP contribution in [0.3, 0.4) is 0 Å². The van der Waals surface area contributed by atoms with E-state index in [4.69, 9.17) is 0 Å². The summed E-state index contributed by atoms with van der Waals surface area (Å²) in [6, 6.07) is 9.15. The molecule has 0 fully saturated rings. The van der Waals surface area contributed by atoms with Crippen LogP contribution in [-0.2, 0) is 0 Å². The zero-order chi connectivity index (χ0) is 18.4. The van der Waals surface area contributed by atoms with Crippen molar-refractivity contribution in [2.45, 2.75) is 19.0 Å². The molecule has 0 bridgehead atoms. The second kappa shape index (κ2) is 8.43.